The lowest BCUT2D eigenvalue weighted by Crippen LogP contribution is -2.02. The molecule has 1 N–H and O–H groups in total. The summed E-state index contributed by atoms with van der Waals surface area (Å²) in [6.45, 7) is 0. The van der Waals surface area contributed by atoms with Crippen molar-refractivity contribution in [3.63, 3.8) is 0 Å². The van der Waals surface area contributed by atoms with Crippen LogP contribution in [-0.2, 0) is 17.6 Å². The van der Waals surface area contributed by atoms with Crippen LogP contribution in [-0.4, -0.2) is 18.1 Å². The molecule has 1 aromatic carbocycles. The van der Waals surface area contributed by atoms with Gasteiger partial charge in [-0.15, -0.1) is 0 Å². The number of fused-ring (bicyclic) bond motifs is 1. The van der Waals surface area contributed by atoms with E-state index in [1.54, 1.807) is 0 Å². The molecule has 0 saturated carbocycles. The van der Waals surface area contributed by atoms with Crippen molar-refractivity contribution in [3.8, 4) is 0 Å². The Hall–Kier alpha value is -2.03. The summed E-state index contributed by atoms with van der Waals surface area (Å²) in [5, 5.41) is 0. The topological polar surface area (TPSA) is 42.1 Å². The van der Waals surface area contributed by atoms with Gasteiger partial charge in [0.15, 0.2) is 0 Å². The second kappa shape index (κ2) is 5.53. The van der Waals surface area contributed by atoms with Gasteiger partial charge < -0.3 is 9.72 Å². The summed E-state index contributed by atoms with van der Waals surface area (Å²) in [6, 6.07) is 12.5. The van der Waals surface area contributed by atoms with Gasteiger partial charge in [-0.25, -0.2) is 4.79 Å². The van der Waals surface area contributed by atoms with Gasteiger partial charge in [0.05, 0.1) is 7.11 Å². The van der Waals surface area contributed by atoms with Crippen LogP contribution in [0.2, 0.25) is 0 Å². The molecule has 3 heteroatoms. The second-order valence-corrected chi connectivity index (χ2v) is 5.37. The van der Waals surface area contributed by atoms with Crippen LogP contribution in [0.25, 0.3) is 0 Å². The first-order valence-corrected chi connectivity index (χ1v) is 7.12. The largest absolute Gasteiger partial charge is 0.464 e. The lowest BCUT2D eigenvalue weighted by molar-refractivity contribution is 0.0594. The maximum atomic E-state index is 11.6. The fourth-order valence-corrected chi connectivity index (χ4v) is 3.06. The summed E-state index contributed by atoms with van der Waals surface area (Å²) < 4.78 is 4.77. The van der Waals surface area contributed by atoms with Crippen molar-refractivity contribution in [2.45, 2.75) is 31.6 Å². The van der Waals surface area contributed by atoms with Crippen LogP contribution in [0, 0.1) is 0 Å². The third-order valence-electron chi connectivity index (χ3n) is 4.15. The smallest absolute Gasteiger partial charge is 0.354 e. The monoisotopic (exact) mass is 269 g/mol. The number of esters is 1. The molecule has 20 heavy (non-hydrogen) atoms. The average molecular weight is 269 g/mol. The van der Waals surface area contributed by atoms with Gasteiger partial charge >= 0.3 is 5.97 Å². The number of ether oxygens (including phenoxy) is 1. The number of carbonyl (C=O) groups excluding carboxylic acids is 1. The van der Waals surface area contributed by atoms with E-state index in [-0.39, 0.29) is 5.97 Å². The molecule has 0 fully saturated rings. The Balaban J connectivity index is 1.69. The fraction of sp³-hybridized carbons (Fsp3) is 0.353. The minimum atomic E-state index is -0.277. The molecular weight excluding hydrogens is 250 g/mol. The number of aromatic nitrogens is 1. The highest BCUT2D eigenvalue weighted by atomic mass is 16.5. The Morgan fingerprint density at radius 2 is 2.15 bits per heavy atom. The molecule has 0 unspecified atom stereocenters. The molecule has 1 aliphatic carbocycles. The van der Waals surface area contributed by atoms with Crippen LogP contribution in [0.1, 0.15) is 46.1 Å². The first-order valence-electron chi connectivity index (χ1n) is 7.12. The van der Waals surface area contributed by atoms with E-state index in [9.17, 15) is 4.79 Å². The van der Waals surface area contributed by atoms with E-state index < -0.39 is 0 Å². The maximum absolute atomic E-state index is 11.6. The van der Waals surface area contributed by atoms with Gasteiger partial charge in [0.25, 0.3) is 0 Å². The fourth-order valence-electron chi connectivity index (χ4n) is 3.06. The first kappa shape index (κ1) is 13.0. The highest BCUT2D eigenvalue weighted by molar-refractivity contribution is 5.87. The van der Waals surface area contributed by atoms with Crippen LogP contribution >= 0.6 is 0 Å². The van der Waals surface area contributed by atoms with Crippen molar-refractivity contribution in [1.29, 1.82) is 0 Å². The van der Waals surface area contributed by atoms with Gasteiger partial charge in [0, 0.05) is 5.69 Å². The molecule has 1 aromatic heterocycles. The van der Waals surface area contributed by atoms with Gasteiger partial charge in [0.1, 0.15) is 5.69 Å². The van der Waals surface area contributed by atoms with Gasteiger partial charge in [-0.05, 0) is 48.8 Å². The molecule has 1 aliphatic rings. The lowest BCUT2D eigenvalue weighted by Gasteiger charge is -2.09. The number of hydrogen-bond donors (Lipinski definition) is 1. The van der Waals surface area contributed by atoms with Gasteiger partial charge in [-0.3, -0.25) is 0 Å². The Morgan fingerprint density at radius 3 is 2.90 bits per heavy atom. The molecule has 0 aliphatic heterocycles. The van der Waals surface area contributed by atoms with Crippen LogP contribution in [0.3, 0.4) is 0 Å². The molecule has 0 radical (unpaired) electrons. The summed E-state index contributed by atoms with van der Waals surface area (Å²) in [5.74, 6) is 0.279. The summed E-state index contributed by atoms with van der Waals surface area (Å²) in [6.07, 6.45) is 4.43. The van der Waals surface area contributed by atoms with Crippen LogP contribution < -0.4 is 0 Å². The van der Waals surface area contributed by atoms with Crippen molar-refractivity contribution < 1.29 is 9.53 Å². The van der Waals surface area contributed by atoms with Crippen LogP contribution in [0.4, 0.5) is 0 Å². The normalized spacial score (nSPS) is 16.9. The van der Waals surface area contributed by atoms with Crippen molar-refractivity contribution in [3.05, 3.63) is 58.9 Å². The maximum Gasteiger partial charge on any atom is 0.354 e. The minimum Gasteiger partial charge on any atom is -0.464 e. The zero-order chi connectivity index (χ0) is 13.9. The Kier molecular flexibility index (Phi) is 3.59. The predicted molar refractivity (Wildman–Crippen MR) is 78.0 cm³/mol. The first-order chi connectivity index (χ1) is 9.78. The van der Waals surface area contributed by atoms with Crippen LogP contribution in [0.5, 0.6) is 0 Å². The van der Waals surface area contributed by atoms with Gasteiger partial charge in [-0.2, -0.15) is 0 Å². The SMILES string of the molecule is COC(=O)c1cc2c([nH]1)CC[C@H]2CCc1ccccc1. The average Bonchev–Trinajstić information content (AvgIpc) is 3.06. The molecule has 3 rings (SSSR count). The quantitative estimate of drug-likeness (QED) is 0.864. The molecule has 2 aromatic rings. The summed E-state index contributed by atoms with van der Waals surface area (Å²) in [4.78, 5) is 14.7. The number of aromatic amines is 1. The Bertz CT molecular complexity index is 601. The third-order valence-corrected chi connectivity index (χ3v) is 4.15. The van der Waals surface area contributed by atoms with E-state index in [0.717, 1.165) is 19.3 Å². The number of methoxy groups -OCH3 is 1. The zero-order valence-electron chi connectivity index (χ0n) is 11.7. The van der Waals surface area contributed by atoms with E-state index in [2.05, 4.69) is 29.2 Å². The van der Waals surface area contributed by atoms with E-state index in [4.69, 9.17) is 4.74 Å². The van der Waals surface area contributed by atoms with E-state index in [1.807, 2.05) is 12.1 Å². The van der Waals surface area contributed by atoms with E-state index in [1.165, 1.54) is 30.4 Å². The van der Waals surface area contributed by atoms with Crippen molar-refractivity contribution >= 4 is 5.97 Å². The standard InChI is InChI=1S/C17H19NO2/c1-20-17(19)16-11-14-13(9-10-15(14)18-16)8-7-12-5-3-2-4-6-12/h2-6,11,13,18H,7-10H2,1H3/t13-/m1/s1. The molecular formula is C17H19NO2. The number of H-pyrrole nitrogens is 1. The highest BCUT2D eigenvalue weighted by Crippen LogP contribution is 2.36. The van der Waals surface area contributed by atoms with Crippen molar-refractivity contribution in [2.75, 3.05) is 7.11 Å². The lowest BCUT2D eigenvalue weighted by atomic mass is 9.95. The number of benzene rings is 1. The molecule has 1 atom stereocenters. The number of aryl methyl sites for hydroxylation is 2. The Morgan fingerprint density at radius 1 is 1.35 bits per heavy atom. The number of carbonyl (C=O) groups is 1. The number of hydrogen-bond acceptors (Lipinski definition) is 2. The van der Waals surface area contributed by atoms with Crippen molar-refractivity contribution in [2.24, 2.45) is 0 Å². The minimum absolute atomic E-state index is 0.277. The molecule has 0 bridgehead atoms. The second-order valence-electron chi connectivity index (χ2n) is 5.37. The summed E-state index contributed by atoms with van der Waals surface area (Å²) in [7, 11) is 1.42. The van der Waals surface area contributed by atoms with Crippen molar-refractivity contribution in [1.82, 2.24) is 4.98 Å². The third kappa shape index (κ3) is 2.48. The van der Waals surface area contributed by atoms with Gasteiger partial charge in [-0.1, -0.05) is 30.3 Å². The highest BCUT2D eigenvalue weighted by Gasteiger charge is 2.26. The van der Waals surface area contributed by atoms with E-state index in [0.29, 0.717) is 11.6 Å². The molecule has 1 heterocycles. The predicted octanol–water partition coefficient (Wildman–Crippen LogP) is 3.46. The van der Waals surface area contributed by atoms with Crippen LogP contribution in [0.15, 0.2) is 36.4 Å². The van der Waals surface area contributed by atoms with E-state index >= 15 is 0 Å². The Labute approximate surface area is 119 Å². The number of rotatable bonds is 4. The van der Waals surface area contributed by atoms with Gasteiger partial charge in [0.2, 0.25) is 0 Å². The molecule has 0 spiro atoms. The molecule has 0 saturated heterocycles. The molecule has 104 valence electrons. The zero-order valence-corrected chi connectivity index (χ0v) is 11.7. The summed E-state index contributed by atoms with van der Waals surface area (Å²) >= 11 is 0. The molecule has 3 nitrogen and oxygen atoms in total. The number of nitrogens with one attached hydrogen (secondary N) is 1. The molecule has 0 amide bonds. The summed E-state index contributed by atoms with van der Waals surface area (Å²) in [5.41, 5.74) is 4.48.